The lowest BCUT2D eigenvalue weighted by Gasteiger charge is -2.28. The zero-order valence-corrected chi connectivity index (χ0v) is 12.3. The Morgan fingerprint density at radius 2 is 1.81 bits per heavy atom. The summed E-state index contributed by atoms with van der Waals surface area (Å²) in [5.74, 6) is 0. The molecule has 0 saturated carbocycles. The molecule has 98 valence electrons. The van der Waals surface area contributed by atoms with Crippen LogP contribution in [-0.4, -0.2) is 36.1 Å². The molecule has 0 saturated heterocycles. The van der Waals surface area contributed by atoms with Crippen molar-refractivity contribution in [3.63, 3.8) is 0 Å². The summed E-state index contributed by atoms with van der Waals surface area (Å²) in [6.45, 7) is 17.1. The van der Waals surface area contributed by atoms with Gasteiger partial charge in [0.15, 0.2) is 0 Å². The third kappa shape index (κ3) is 8.12. The summed E-state index contributed by atoms with van der Waals surface area (Å²) in [5.41, 5.74) is 0.261. The van der Waals surface area contributed by atoms with Crippen LogP contribution in [0.25, 0.3) is 0 Å². The van der Waals surface area contributed by atoms with E-state index in [1.54, 1.807) is 0 Å². The zero-order chi connectivity index (χ0) is 12.6. The molecule has 0 aliphatic carbocycles. The summed E-state index contributed by atoms with van der Waals surface area (Å²) in [7, 11) is 0. The first kappa shape index (κ1) is 15.9. The molecule has 0 bridgehead atoms. The van der Waals surface area contributed by atoms with Crippen LogP contribution in [0.15, 0.2) is 0 Å². The molecule has 0 heterocycles. The van der Waals surface area contributed by atoms with E-state index in [9.17, 15) is 0 Å². The Balaban J connectivity index is 3.66. The van der Waals surface area contributed by atoms with E-state index in [2.05, 4.69) is 51.8 Å². The van der Waals surface area contributed by atoms with Crippen molar-refractivity contribution in [3.05, 3.63) is 0 Å². The Hall–Kier alpha value is -0.0800. The van der Waals surface area contributed by atoms with Gasteiger partial charge in [-0.1, -0.05) is 13.8 Å². The second-order valence-electron chi connectivity index (χ2n) is 5.80. The molecule has 0 aliphatic rings. The Bertz CT molecular complexity index is 161. The predicted octanol–water partition coefficient (Wildman–Crippen LogP) is 3.28. The maximum atomic E-state index is 3.55. The van der Waals surface area contributed by atoms with Crippen molar-refractivity contribution in [3.8, 4) is 0 Å². The summed E-state index contributed by atoms with van der Waals surface area (Å²) in [6, 6.07) is 0.728. The van der Waals surface area contributed by atoms with Crippen molar-refractivity contribution in [2.75, 3.05) is 19.6 Å². The molecule has 0 aromatic carbocycles. The number of hydrogen-bond acceptors (Lipinski definition) is 2. The second kappa shape index (κ2) is 8.08. The smallest absolute Gasteiger partial charge is 0.00965 e. The number of hydrogen-bond donors (Lipinski definition) is 1. The Labute approximate surface area is 103 Å². The van der Waals surface area contributed by atoms with Gasteiger partial charge in [-0.2, -0.15) is 0 Å². The fourth-order valence-electron chi connectivity index (χ4n) is 2.02. The van der Waals surface area contributed by atoms with E-state index in [0.717, 1.165) is 12.6 Å². The largest absolute Gasteiger partial charge is 0.312 e. The first-order valence-electron chi connectivity index (χ1n) is 6.89. The van der Waals surface area contributed by atoms with Crippen molar-refractivity contribution < 1.29 is 0 Å². The molecule has 0 aromatic heterocycles. The topological polar surface area (TPSA) is 15.3 Å². The van der Waals surface area contributed by atoms with E-state index >= 15 is 0 Å². The van der Waals surface area contributed by atoms with Gasteiger partial charge >= 0.3 is 0 Å². The summed E-state index contributed by atoms with van der Waals surface area (Å²) < 4.78 is 0. The minimum Gasteiger partial charge on any atom is -0.312 e. The van der Waals surface area contributed by atoms with E-state index in [0.29, 0.717) is 0 Å². The van der Waals surface area contributed by atoms with Crippen molar-refractivity contribution >= 4 is 0 Å². The molecule has 1 unspecified atom stereocenters. The highest BCUT2D eigenvalue weighted by Gasteiger charge is 2.11. The van der Waals surface area contributed by atoms with Gasteiger partial charge in [0.2, 0.25) is 0 Å². The first-order chi connectivity index (χ1) is 7.40. The standard InChI is InChI=1S/C14H32N2/c1-7-12-16(8-2)13(3)10-9-11-15-14(4,5)6/h13,15H,7-12H2,1-6H3. The molecule has 0 radical (unpaired) electrons. The third-order valence-corrected chi connectivity index (χ3v) is 2.99. The molecular formula is C14H32N2. The van der Waals surface area contributed by atoms with E-state index in [4.69, 9.17) is 0 Å². The van der Waals surface area contributed by atoms with Gasteiger partial charge in [-0.3, -0.25) is 0 Å². The predicted molar refractivity (Wildman–Crippen MR) is 74.0 cm³/mol. The van der Waals surface area contributed by atoms with Crippen LogP contribution in [0, 0.1) is 0 Å². The molecule has 0 amide bonds. The minimum atomic E-state index is 0.261. The molecule has 0 rings (SSSR count). The van der Waals surface area contributed by atoms with Gasteiger partial charge in [0, 0.05) is 11.6 Å². The first-order valence-corrected chi connectivity index (χ1v) is 6.89. The van der Waals surface area contributed by atoms with Gasteiger partial charge < -0.3 is 10.2 Å². The lowest BCUT2D eigenvalue weighted by atomic mass is 10.1. The average Bonchev–Trinajstić information content (AvgIpc) is 2.19. The van der Waals surface area contributed by atoms with Crippen LogP contribution < -0.4 is 5.32 Å². The minimum absolute atomic E-state index is 0.261. The van der Waals surface area contributed by atoms with Crippen molar-refractivity contribution in [1.82, 2.24) is 10.2 Å². The van der Waals surface area contributed by atoms with Crippen LogP contribution in [0.1, 0.15) is 60.8 Å². The Kier molecular flexibility index (Phi) is 8.04. The summed E-state index contributed by atoms with van der Waals surface area (Å²) >= 11 is 0. The Morgan fingerprint density at radius 3 is 2.25 bits per heavy atom. The summed E-state index contributed by atoms with van der Waals surface area (Å²) in [6.07, 6.45) is 3.84. The molecule has 0 spiro atoms. The lowest BCUT2D eigenvalue weighted by molar-refractivity contribution is 0.206. The van der Waals surface area contributed by atoms with Gasteiger partial charge in [0.05, 0.1) is 0 Å². The highest BCUT2D eigenvalue weighted by Crippen LogP contribution is 2.07. The molecular weight excluding hydrogens is 196 g/mol. The Morgan fingerprint density at radius 1 is 1.19 bits per heavy atom. The van der Waals surface area contributed by atoms with Gasteiger partial charge in [0.1, 0.15) is 0 Å². The van der Waals surface area contributed by atoms with Crippen molar-refractivity contribution in [2.24, 2.45) is 0 Å². The van der Waals surface area contributed by atoms with Crippen molar-refractivity contribution in [2.45, 2.75) is 72.4 Å². The SMILES string of the molecule is CCCN(CC)C(C)CCCNC(C)(C)C. The van der Waals surface area contributed by atoms with Gasteiger partial charge in [-0.15, -0.1) is 0 Å². The maximum Gasteiger partial charge on any atom is 0.00965 e. The van der Waals surface area contributed by atoms with Gasteiger partial charge in [-0.25, -0.2) is 0 Å². The van der Waals surface area contributed by atoms with Crippen LogP contribution >= 0.6 is 0 Å². The van der Waals surface area contributed by atoms with Gasteiger partial charge in [0.25, 0.3) is 0 Å². The highest BCUT2D eigenvalue weighted by atomic mass is 15.1. The second-order valence-corrected chi connectivity index (χ2v) is 5.80. The quantitative estimate of drug-likeness (QED) is 0.641. The van der Waals surface area contributed by atoms with Crippen LogP contribution in [0.3, 0.4) is 0 Å². The number of rotatable bonds is 8. The third-order valence-electron chi connectivity index (χ3n) is 2.99. The fourth-order valence-corrected chi connectivity index (χ4v) is 2.02. The zero-order valence-electron chi connectivity index (χ0n) is 12.3. The van der Waals surface area contributed by atoms with Crippen LogP contribution in [0.2, 0.25) is 0 Å². The van der Waals surface area contributed by atoms with Gasteiger partial charge in [-0.05, 0) is 66.6 Å². The van der Waals surface area contributed by atoms with E-state index in [1.807, 2.05) is 0 Å². The molecule has 0 aliphatic heterocycles. The van der Waals surface area contributed by atoms with E-state index < -0.39 is 0 Å². The molecule has 1 atom stereocenters. The maximum absolute atomic E-state index is 3.55. The van der Waals surface area contributed by atoms with Crippen LogP contribution in [0.4, 0.5) is 0 Å². The molecule has 0 fully saturated rings. The normalized spacial score (nSPS) is 14.4. The highest BCUT2D eigenvalue weighted by molar-refractivity contribution is 4.71. The van der Waals surface area contributed by atoms with Crippen molar-refractivity contribution in [1.29, 1.82) is 0 Å². The molecule has 2 nitrogen and oxygen atoms in total. The van der Waals surface area contributed by atoms with E-state index in [1.165, 1.54) is 32.4 Å². The molecule has 1 N–H and O–H groups in total. The lowest BCUT2D eigenvalue weighted by Crippen LogP contribution is -2.38. The molecule has 0 aromatic rings. The average molecular weight is 228 g/mol. The summed E-state index contributed by atoms with van der Waals surface area (Å²) in [4.78, 5) is 2.58. The monoisotopic (exact) mass is 228 g/mol. The van der Waals surface area contributed by atoms with Crippen LogP contribution in [-0.2, 0) is 0 Å². The summed E-state index contributed by atoms with van der Waals surface area (Å²) in [5, 5.41) is 3.55. The number of nitrogens with one attached hydrogen (secondary N) is 1. The number of nitrogens with zero attached hydrogens (tertiary/aromatic N) is 1. The molecule has 2 heteroatoms. The fraction of sp³-hybridized carbons (Fsp3) is 1.00. The van der Waals surface area contributed by atoms with Crippen LogP contribution in [0.5, 0.6) is 0 Å². The van der Waals surface area contributed by atoms with E-state index in [-0.39, 0.29) is 5.54 Å². The molecule has 16 heavy (non-hydrogen) atoms.